The molecule has 0 saturated carbocycles. The van der Waals surface area contributed by atoms with Crippen LogP contribution in [0.5, 0.6) is 0 Å². The van der Waals surface area contributed by atoms with Gasteiger partial charge in [0.25, 0.3) is 10.0 Å². The quantitative estimate of drug-likeness (QED) is 0.876. The van der Waals surface area contributed by atoms with E-state index >= 15 is 0 Å². The van der Waals surface area contributed by atoms with Gasteiger partial charge in [-0.1, -0.05) is 23.2 Å². The molecule has 2 heterocycles. The van der Waals surface area contributed by atoms with Gasteiger partial charge in [-0.05, 0) is 6.07 Å². The summed E-state index contributed by atoms with van der Waals surface area (Å²) in [6.07, 6.45) is 5.06. The molecule has 18 heavy (non-hydrogen) atoms. The number of nitrogens with zero attached hydrogens (tertiary/aromatic N) is 3. The summed E-state index contributed by atoms with van der Waals surface area (Å²) < 4.78 is 26.2. The lowest BCUT2D eigenvalue weighted by atomic mass is 10.5. The van der Waals surface area contributed by atoms with Gasteiger partial charge in [-0.2, -0.15) is 0 Å². The molecule has 0 unspecified atom stereocenters. The van der Waals surface area contributed by atoms with Crippen molar-refractivity contribution < 1.29 is 8.42 Å². The minimum Gasteiger partial charge on any atom is -0.276 e. The second-order valence-corrected chi connectivity index (χ2v) is 5.62. The van der Waals surface area contributed by atoms with Gasteiger partial charge in [-0.3, -0.25) is 4.72 Å². The highest BCUT2D eigenvalue weighted by Gasteiger charge is 2.16. The lowest BCUT2D eigenvalue weighted by molar-refractivity contribution is 0.601. The molecule has 94 valence electrons. The van der Waals surface area contributed by atoms with E-state index in [0.717, 1.165) is 6.20 Å². The van der Waals surface area contributed by atoms with Crippen LogP contribution in [0.3, 0.4) is 0 Å². The number of sulfonamides is 1. The zero-order valence-corrected chi connectivity index (χ0v) is 11.0. The first-order valence-corrected chi connectivity index (χ1v) is 6.82. The van der Waals surface area contributed by atoms with Crippen LogP contribution in [0, 0.1) is 0 Å². The van der Waals surface area contributed by atoms with E-state index in [4.69, 9.17) is 23.2 Å². The molecule has 9 heteroatoms. The standard InChI is InChI=1S/C9H6Cl2N4O2S/c10-8-1-7(4-14-9(8)11)18(16,17)15-6-2-12-5-13-3-6/h1-5,15H. The average molecular weight is 305 g/mol. The molecule has 1 N–H and O–H groups in total. The van der Waals surface area contributed by atoms with Gasteiger partial charge < -0.3 is 0 Å². The Morgan fingerprint density at radius 2 is 1.78 bits per heavy atom. The highest BCUT2D eigenvalue weighted by molar-refractivity contribution is 7.92. The van der Waals surface area contributed by atoms with Crippen molar-refractivity contribution in [3.8, 4) is 0 Å². The van der Waals surface area contributed by atoms with Crippen LogP contribution in [0.4, 0.5) is 5.69 Å². The first kappa shape index (κ1) is 13.0. The van der Waals surface area contributed by atoms with E-state index in [0.29, 0.717) is 0 Å². The van der Waals surface area contributed by atoms with Crippen LogP contribution in [-0.2, 0) is 10.0 Å². The Balaban J connectivity index is 2.34. The number of hydrogen-bond donors (Lipinski definition) is 1. The predicted molar refractivity (Wildman–Crippen MR) is 67.1 cm³/mol. The molecule has 0 radical (unpaired) electrons. The van der Waals surface area contributed by atoms with Crippen molar-refractivity contribution in [3.05, 3.63) is 41.2 Å². The maximum Gasteiger partial charge on any atom is 0.263 e. The van der Waals surface area contributed by atoms with Crippen molar-refractivity contribution in [2.24, 2.45) is 0 Å². The van der Waals surface area contributed by atoms with Crippen molar-refractivity contribution in [2.75, 3.05) is 4.72 Å². The molecule has 0 amide bonds. The lowest BCUT2D eigenvalue weighted by Crippen LogP contribution is -2.13. The zero-order chi connectivity index (χ0) is 13.2. The molecule has 0 saturated heterocycles. The number of nitrogens with one attached hydrogen (secondary N) is 1. The Bertz CT molecular complexity index is 664. The van der Waals surface area contributed by atoms with Crippen molar-refractivity contribution >= 4 is 38.9 Å². The maximum absolute atomic E-state index is 12.0. The van der Waals surface area contributed by atoms with E-state index in [1.165, 1.54) is 24.8 Å². The zero-order valence-electron chi connectivity index (χ0n) is 8.71. The molecule has 0 aliphatic heterocycles. The lowest BCUT2D eigenvalue weighted by Gasteiger charge is -2.07. The molecule has 2 aromatic rings. The third kappa shape index (κ3) is 2.87. The van der Waals surface area contributed by atoms with Gasteiger partial charge in [0.15, 0.2) is 0 Å². The van der Waals surface area contributed by atoms with Crippen LogP contribution in [0.25, 0.3) is 0 Å². The number of aromatic nitrogens is 3. The second kappa shape index (κ2) is 5.05. The summed E-state index contributed by atoms with van der Waals surface area (Å²) in [5, 5.41) is 0.0996. The Kier molecular flexibility index (Phi) is 3.65. The smallest absolute Gasteiger partial charge is 0.263 e. The van der Waals surface area contributed by atoms with Crippen LogP contribution >= 0.6 is 23.2 Å². The van der Waals surface area contributed by atoms with Gasteiger partial charge in [0, 0.05) is 6.20 Å². The third-order valence-electron chi connectivity index (χ3n) is 1.89. The number of halogens is 2. The van der Waals surface area contributed by atoms with Gasteiger partial charge in [-0.25, -0.2) is 23.4 Å². The molecule has 0 spiro atoms. The van der Waals surface area contributed by atoms with Crippen LogP contribution in [0.15, 0.2) is 35.9 Å². The molecular weight excluding hydrogens is 299 g/mol. The maximum atomic E-state index is 12.0. The van der Waals surface area contributed by atoms with E-state index in [2.05, 4.69) is 19.7 Å². The molecule has 0 atom stereocenters. The largest absolute Gasteiger partial charge is 0.276 e. The first-order chi connectivity index (χ1) is 8.49. The fourth-order valence-electron chi connectivity index (χ4n) is 1.12. The first-order valence-electron chi connectivity index (χ1n) is 4.58. The second-order valence-electron chi connectivity index (χ2n) is 3.18. The van der Waals surface area contributed by atoms with Crippen LogP contribution < -0.4 is 4.72 Å². The minimum absolute atomic E-state index is 0.0404. The third-order valence-corrected chi connectivity index (χ3v) is 3.93. The van der Waals surface area contributed by atoms with Crippen LogP contribution in [0.2, 0.25) is 10.2 Å². The van der Waals surface area contributed by atoms with E-state index in [1.54, 1.807) is 0 Å². The van der Waals surface area contributed by atoms with Gasteiger partial charge in [0.1, 0.15) is 16.4 Å². The molecule has 0 bridgehead atoms. The molecule has 0 fully saturated rings. The summed E-state index contributed by atoms with van der Waals surface area (Å²) in [4.78, 5) is 11.0. The Morgan fingerprint density at radius 1 is 1.11 bits per heavy atom. The highest BCUT2D eigenvalue weighted by Crippen LogP contribution is 2.23. The average Bonchev–Trinajstić information content (AvgIpc) is 2.33. The fraction of sp³-hybridized carbons (Fsp3) is 0. The van der Waals surface area contributed by atoms with Gasteiger partial charge in [0.05, 0.1) is 23.1 Å². The summed E-state index contributed by atoms with van der Waals surface area (Å²) in [5.41, 5.74) is 0.239. The van der Waals surface area contributed by atoms with Gasteiger partial charge in [-0.15, -0.1) is 0 Å². The summed E-state index contributed by atoms with van der Waals surface area (Å²) >= 11 is 11.3. The molecule has 6 nitrogen and oxygen atoms in total. The summed E-state index contributed by atoms with van der Waals surface area (Å²) in [5.74, 6) is 0. The van der Waals surface area contributed by atoms with Crippen molar-refractivity contribution in [3.63, 3.8) is 0 Å². The number of hydrogen-bond acceptors (Lipinski definition) is 5. The van der Waals surface area contributed by atoms with Crippen LogP contribution in [0.1, 0.15) is 0 Å². The monoisotopic (exact) mass is 304 g/mol. The van der Waals surface area contributed by atoms with Gasteiger partial charge in [0.2, 0.25) is 0 Å². The van der Waals surface area contributed by atoms with E-state index in [1.807, 2.05) is 0 Å². The number of anilines is 1. The van der Waals surface area contributed by atoms with Gasteiger partial charge >= 0.3 is 0 Å². The molecule has 2 rings (SSSR count). The normalized spacial score (nSPS) is 11.2. The van der Waals surface area contributed by atoms with Crippen molar-refractivity contribution in [2.45, 2.75) is 4.90 Å². The highest BCUT2D eigenvalue weighted by atomic mass is 35.5. The fourth-order valence-corrected chi connectivity index (χ4v) is 2.45. The van der Waals surface area contributed by atoms with Crippen molar-refractivity contribution in [1.82, 2.24) is 15.0 Å². The summed E-state index contributed by atoms with van der Waals surface area (Å²) in [6, 6.07) is 1.21. The minimum atomic E-state index is -3.79. The SMILES string of the molecule is O=S(=O)(Nc1cncnc1)c1cnc(Cl)c(Cl)c1. The molecule has 0 aliphatic rings. The Morgan fingerprint density at radius 3 is 2.39 bits per heavy atom. The molecule has 0 aliphatic carbocycles. The van der Waals surface area contributed by atoms with Crippen LogP contribution in [-0.4, -0.2) is 23.4 Å². The summed E-state index contributed by atoms with van der Waals surface area (Å²) in [6.45, 7) is 0. The van der Waals surface area contributed by atoms with E-state index in [9.17, 15) is 8.42 Å². The Labute approximate surface area is 113 Å². The Hall–Kier alpha value is -1.44. The summed E-state index contributed by atoms with van der Waals surface area (Å²) in [7, 11) is -3.79. The molecular formula is C9H6Cl2N4O2S. The topological polar surface area (TPSA) is 84.8 Å². The molecule has 0 aromatic carbocycles. The number of pyridine rings is 1. The molecule has 2 aromatic heterocycles. The predicted octanol–water partition coefficient (Wildman–Crippen LogP) is 1.98. The van der Waals surface area contributed by atoms with E-state index < -0.39 is 10.0 Å². The van der Waals surface area contributed by atoms with E-state index in [-0.39, 0.29) is 20.8 Å². The number of rotatable bonds is 3. The van der Waals surface area contributed by atoms with Crippen molar-refractivity contribution in [1.29, 1.82) is 0 Å².